The van der Waals surface area contributed by atoms with E-state index >= 15 is 0 Å². The number of carbonyl (C=O) groups is 2. The summed E-state index contributed by atoms with van der Waals surface area (Å²) in [7, 11) is 2.97. The van der Waals surface area contributed by atoms with E-state index in [-0.39, 0.29) is 23.0 Å². The van der Waals surface area contributed by atoms with Crippen LogP contribution < -0.4 is 19.1 Å². The number of hydrogen-bond donors (Lipinski definition) is 1. The third-order valence-electron chi connectivity index (χ3n) is 6.42. The molecule has 1 aliphatic heterocycles. The predicted octanol–water partition coefficient (Wildman–Crippen LogP) is 5.73. The van der Waals surface area contributed by atoms with E-state index in [1.54, 1.807) is 36.4 Å². The highest BCUT2D eigenvalue weighted by molar-refractivity contribution is 6.51. The van der Waals surface area contributed by atoms with E-state index in [4.69, 9.17) is 14.2 Å². The van der Waals surface area contributed by atoms with Crippen molar-refractivity contribution in [2.75, 3.05) is 19.1 Å². The predicted molar refractivity (Wildman–Crippen MR) is 142 cm³/mol. The molecule has 3 aromatic rings. The van der Waals surface area contributed by atoms with Crippen LogP contribution in [0.2, 0.25) is 0 Å². The topological polar surface area (TPSA) is 85.3 Å². The Balaban J connectivity index is 1.99. The second-order valence-electron chi connectivity index (χ2n) is 9.24. The Kier molecular flexibility index (Phi) is 7.25. The van der Waals surface area contributed by atoms with Gasteiger partial charge in [0, 0.05) is 5.69 Å². The van der Waals surface area contributed by atoms with Gasteiger partial charge in [-0.05, 0) is 86.8 Å². The molecule has 1 atom stereocenters. The van der Waals surface area contributed by atoms with E-state index in [0.29, 0.717) is 28.5 Å². The Bertz CT molecular complexity index is 1390. The highest BCUT2D eigenvalue weighted by Gasteiger charge is 2.47. The molecule has 1 aliphatic rings. The molecule has 37 heavy (non-hydrogen) atoms. The summed E-state index contributed by atoms with van der Waals surface area (Å²) in [6, 6.07) is 16.8. The Labute approximate surface area is 216 Å². The number of methoxy groups -OCH3 is 2. The lowest BCUT2D eigenvalue weighted by molar-refractivity contribution is -0.132. The van der Waals surface area contributed by atoms with Crippen LogP contribution in [-0.2, 0) is 9.59 Å². The monoisotopic (exact) mass is 501 g/mol. The Morgan fingerprint density at radius 2 is 1.65 bits per heavy atom. The van der Waals surface area contributed by atoms with Crippen molar-refractivity contribution >= 4 is 23.1 Å². The normalized spacial score (nSPS) is 16.8. The minimum Gasteiger partial charge on any atom is -0.507 e. The highest BCUT2D eigenvalue weighted by atomic mass is 16.5. The lowest BCUT2D eigenvalue weighted by Gasteiger charge is -2.26. The van der Waals surface area contributed by atoms with E-state index in [0.717, 1.165) is 11.1 Å². The van der Waals surface area contributed by atoms with Gasteiger partial charge < -0.3 is 19.3 Å². The summed E-state index contributed by atoms with van der Waals surface area (Å²) in [6.07, 6.45) is -0.0672. The van der Waals surface area contributed by atoms with Gasteiger partial charge in [-0.15, -0.1) is 0 Å². The number of ether oxygens (including phenoxy) is 3. The molecule has 1 fully saturated rings. The molecule has 1 saturated heterocycles. The number of amides is 1. The maximum Gasteiger partial charge on any atom is 0.300 e. The first kappa shape index (κ1) is 25.8. The van der Waals surface area contributed by atoms with Gasteiger partial charge in [0.15, 0.2) is 0 Å². The summed E-state index contributed by atoms with van der Waals surface area (Å²) in [4.78, 5) is 28.5. The van der Waals surface area contributed by atoms with Gasteiger partial charge in [-0.3, -0.25) is 14.5 Å². The fourth-order valence-electron chi connectivity index (χ4n) is 4.46. The van der Waals surface area contributed by atoms with E-state index < -0.39 is 17.7 Å². The summed E-state index contributed by atoms with van der Waals surface area (Å²) < 4.78 is 16.7. The zero-order valence-electron chi connectivity index (χ0n) is 21.9. The number of carbonyl (C=O) groups excluding carboxylic acids is 2. The van der Waals surface area contributed by atoms with Crippen molar-refractivity contribution < 1.29 is 28.9 Å². The first-order valence-electron chi connectivity index (χ1n) is 12.0. The van der Waals surface area contributed by atoms with Crippen molar-refractivity contribution in [3.8, 4) is 17.2 Å². The van der Waals surface area contributed by atoms with Crippen molar-refractivity contribution in [3.05, 3.63) is 88.5 Å². The van der Waals surface area contributed by atoms with E-state index in [9.17, 15) is 14.7 Å². The van der Waals surface area contributed by atoms with Gasteiger partial charge in [0.1, 0.15) is 23.0 Å². The van der Waals surface area contributed by atoms with Crippen LogP contribution in [-0.4, -0.2) is 37.1 Å². The number of hydrogen-bond acceptors (Lipinski definition) is 6. The van der Waals surface area contributed by atoms with Gasteiger partial charge in [0.25, 0.3) is 11.7 Å². The number of Topliss-reactive ketones (excluding diaryl/α,β-unsaturated/α-hetero) is 1. The van der Waals surface area contributed by atoms with Crippen molar-refractivity contribution in [3.63, 3.8) is 0 Å². The van der Waals surface area contributed by atoms with Gasteiger partial charge in [0.2, 0.25) is 0 Å². The van der Waals surface area contributed by atoms with Gasteiger partial charge in [-0.1, -0.05) is 18.2 Å². The summed E-state index contributed by atoms with van der Waals surface area (Å²) in [5, 5.41) is 11.6. The highest BCUT2D eigenvalue weighted by Crippen LogP contribution is 2.44. The fourth-order valence-corrected chi connectivity index (χ4v) is 4.46. The van der Waals surface area contributed by atoms with Crippen LogP contribution in [0.1, 0.15) is 42.1 Å². The molecule has 1 N–H and O–H groups in total. The zero-order chi connectivity index (χ0) is 26.9. The quantitative estimate of drug-likeness (QED) is 0.253. The molecule has 0 aromatic heterocycles. The summed E-state index contributed by atoms with van der Waals surface area (Å²) >= 11 is 0. The molecule has 0 aliphatic carbocycles. The van der Waals surface area contributed by atoms with Crippen molar-refractivity contribution in [1.29, 1.82) is 0 Å². The smallest absolute Gasteiger partial charge is 0.300 e. The van der Waals surface area contributed by atoms with Crippen LogP contribution >= 0.6 is 0 Å². The largest absolute Gasteiger partial charge is 0.507 e. The van der Waals surface area contributed by atoms with E-state index in [1.807, 2.05) is 52.0 Å². The van der Waals surface area contributed by atoms with Crippen molar-refractivity contribution in [2.24, 2.45) is 0 Å². The third-order valence-corrected chi connectivity index (χ3v) is 6.42. The summed E-state index contributed by atoms with van der Waals surface area (Å²) in [6.45, 7) is 7.76. The molecule has 0 radical (unpaired) electrons. The molecule has 1 heterocycles. The standard InChI is InChI=1S/C30H31NO6/c1-17(2)37-23-9-7-8-20(15-23)27-26(28(32)24-16-22(35-5)12-13-25(24)36-6)29(33)30(34)31(27)21-11-10-18(3)19(4)14-21/h7-17,27,32H,1-6H3/b28-26+. The van der Waals surface area contributed by atoms with Crippen LogP contribution in [0.3, 0.4) is 0 Å². The van der Waals surface area contributed by atoms with Gasteiger partial charge in [0.05, 0.1) is 37.5 Å². The average molecular weight is 502 g/mol. The first-order chi connectivity index (χ1) is 17.7. The third kappa shape index (κ3) is 4.89. The first-order valence-corrected chi connectivity index (χ1v) is 12.0. The van der Waals surface area contributed by atoms with E-state index in [2.05, 4.69) is 0 Å². The zero-order valence-corrected chi connectivity index (χ0v) is 21.9. The Morgan fingerprint density at radius 1 is 0.892 bits per heavy atom. The second kappa shape index (κ2) is 10.4. The van der Waals surface area contributed by atoms with Crippen LogP contribution in [0.25, 0.3) is 5.76 Å². The molecule has 7 heteroatoms. The number of rotatable bonds is 7. The van der Waals surface area contributed by atoms with Crippen LogP contribution in [0.5, 0.6) is 17.2 Å². The number of anilines is 1. The molecule has 7 nitrogen and oxygen atoms in total. The molecule has 3 aromatic carbocycles. The summed E-state index contributed by atoms with van der Waals surface area (Å²) in [5.74, 6) is -0.466. The Hall–Kier alpha value is -4.26. The number of nitrogens with zero attached hydrogens (tertiary/aromatic N) is 1. The molecular weight excluding hydrogens is 470 g/mol. The lowest BCUT2D eigenvalue weighted by atomic mass is 9.94. The molecular formula is C30H31NO6. The van der Waals surface area contributed by atoms with Crippen molar-refractivity contribution in [1.82, 2.24) is 0 Å². The second-order valence-corrected chi connectivity index (χ2v) is 9.24. The number of aliphatic hydroxyl groups excluding tert-OH is 1. The minimum absolute atomic E-state index is 0.0449. The number of ketones is 1. The lowest BCUT2D eigenvalue weighted by Crippen LogP contribution is -2.29. The van der Waals surface area contributed by atoms with Gasteiger partial charge >= 0.3 is 0 Å². The van der Waals surface area contributed by atoms with Gasteiger partial charge in [-0.2, -0.15) is 0 Å². The molecule has 0 bridgehead atoms. The maximum atomic E-state index is 13.5. The molecule has 1 unspecified atom stereocenters. The molecule has 4 rings (SSSR count). The van der Waals surface area contributed by atoms with Crippen molar-refractivity contribution in [2.45, 2.75) is 39.8 Å². The van der Waals surface area contributed by atoms with Crippen LogP contribution in [0.15, 0.2) is 66.2 Å². The van der Waals surface area contributed by atoms with Crippen LogP contribution in [0.4, 0.5) is 5.69 Å². The van der Waals surface area contributed by atoms with Gasteiger partial charge in [-0.25, -0.2) is 0 Å². The van der Waals surface area contributed by atoms with E-state index in [1.165, 1.54) is 19.1 Å². The molecule has 0 spiro atoms. The Morgan fingerprint density at radius 3 is 2.30 bits per heavy atom. The minimum atomic E-state index is -0.895. The number of aliphatic hydroxyl groups is 1. The number of aryl methyl sites for hydroxylation is 2. The SMILES string of the molecule is COc1ccc(OC)c(/C(O)=C2\C(=O)C(=O)N(c3ccc(C)c(C)c3)C2c2cccc(OC(C)C)c2)c1. The fraction of sp³-hybridized carbons (Fsp3) is 0.267. The number of benzene rings is 3. The molecule has 1 amide bonds. The molecule has 0 saturated carbocycles. The molecule has 192 valence electrons. The maximum absolute atomic E-state index is 13.5. The average Bonchev–Trinajstić information content (AvgIpc) is 3.15. The van der Waals surface area contributed by atoms with Crippen LogP contribution in [0, 0.1) is 13.8 Å². The summed E-state index contributed by atoms with van der Waals surface area (Å²) in [5.41, 5.74) is 3.42.